The average Bonchev–Trinajstić information content (AvgIpc) is 3.33. The van der Waals surface area contributed by atoms with Crippen LogP contribution in [-0.4, -0.2) is 54.0 Å². The van der Waals surface area contributed by atoms with Gasteiger partial charge in [-0.15, -0.1) is 0 Å². The molecule has 2 aromatic carbocycles. The zero-order valence-electron chi connectivity index (χ0n) is 16.6. The standard InChI is InChI=1S/C21H21N5O4S/c27-20-15-25(13-11-22-20)31(29,30)19-8-4-17(5-9-19)21(28)23-14-16-2-6-18(7-3-16)26-12-1-10-24-26/h1-10,12H,11,13-15H2,(H,22,27)(H,23,28). The van der Waals surface area contributed by atoms with Crippen LogP contribution in [0.2, 0.25) is 0 Å². The van der Waals surface area contributed by atoms with Crippen LogP contribution in [0, 0.1) is 0 Å². The van der Waals surface area contributed by atoms with Gasteiger partial charge in [-0.1, -0.05) is 12.1 Å². The minimum atomic E-state index is -3.78. The van der Waals surface area contributed by atoms with Gasteiger partial charge in [-0.2, -0.15) is 9.40 Å². The van der Waals surface area contributed by atoms with Gasteiger partial charge in [-0.3, -0.25) is 9.59 Å². The summed E-state index contributed by atoms with van der Waals surface area (Å²) in [4.78, 5) is 24.0. The topological polar surface area (TPSA) is 113 Å². The maximum atomic E-state index is 12.7. The molecule has 0 aliphatic carbocycles. The lowest BCUT2D eigenvalue weighted by Gasteiger charge is -2.25. The van der Waals surface area contributed by atoms with E-state index in [2.05, 4.69) is 15.7 Å². The third-order valence-corrected chi connectivity index (χ3v) is 6.78. The van der Waals surface area contributed by atoms with E-state index in [1.165, 1.54) is 24.3 Å². The minimum Gasteiger partial charge on any atom is -0.354 e. The Morgan fingerprint density at radius 1 is 1.10 bits per heavy atom. The lowest BCUT2D eigenvalue weighted by molar-refractivity contribution is -0.122. The summed E-state index contributed by atoms with van der Waals surface area (Å²) in [7, 11) is -3.78. The Kier molecular flexibility index (Phi) is 5.83. The molecule has 0 saturated carbocycles. The predicted octanol–water partition coefficient (Wildman–Crippen LogP) is 0.923. The summed E-state index contributed by atoms with van der Waals surface area (Å²) in [6.07, 6.45) is 3.55. The van der Waals surface area contributed by atoms with Crippen molar-refractivity contribution < 1.29 is 18.0 Å². The van der Waals surface area contributed by atoms with Gasteiger partial charge in [-0.25, -0.2) is 13.1 Å². The summed E-state index contributed by atoms with van der Waals surface area (Å²) in [6.45, 7) is 0.627. The zero-order valence-corrected chi connectivity index (χ0v) is 17.4. The molecule has 0 spiro atoms. The third kappa shape index (κ3) is 4.65. The Morgan fingerprint density at radius 3 is 2.48 bits per heavy atom. The summed E-state index contributed by atoms with van der Waals surface area (Å²) in [5.41, 5.74) is 2.19. The molecule has 0 atom stereocenters. The molecule has 0 bridgehead atoms. The molecule has 1 aliphatic rings. The maximum absolute atomic E-state index is 12.7. The second kappa shape index (κ2) is 8.70. The van der Waals surface area contributed by atoms with Gasteiger partial charge in [0, 0.05) is 37.6 Å². The fourth-order valence-corrected chi connectivity index (χ4v) is 4.62. The van der Waals surface area contributed by atoms with E-state index in [0.29, 0.717) is 12.1 Å². The number of benzene rings is 2. The normalized spacial score (nSPS) is 14.8. The number of carbonyl (C=O) groups is 2. The summed E-state index contributed by atoms with van der Waals surface area (Å²) in [6, 6.07) is 15.2. The smallest absolute Gasteiger partial charge is 0.251 e. The van der Waals surface area contributed by atoms with Gasteiger partial charge in [-0.05, 0) is 48.0 Å². The van der Waals surface area contributed by atoms with Crippen LogP contribution in [0.3, 0.4) is 0 Å². The fraction of sp³-hybridized carbons (Fsp3) is 0.190. The van der Waals surface area contributed by atoms with Gasteiger partial charge < -0.3 is 10.6 Å². The molecule has 0 radical (unpaired) electrons. The van der Waals surface area contributed by atoms with Crippen molar-refractivity contribution in [2.45, 2.75) is 11.4 Å². The number of nitrogens with one attached hydrogen (secondary N) is 2. The monoisotopic (exact) mass is 439 g/mol. The van der Waals surface area contributed by atoms with Crippen LogP contribution in [0.4, 0.5) is 0 Å². The van der Waals surface area contributed by atoms with E-state index in [1.54, 1.807) is 10.9 Å². The van der Waals surface area contributed by atoms with Crippen molar-refractivity contribution in [1.29, 1.82) is 0 Å². The molecular formula is C21H21N5O4S. The van der Waals surface area contributed by atoms with Crippen LogP contribution in [-0.2, 0) is 21.4 Å². The molecule has 10 heteroatoms. The number of carbonyl (C=O) groups excluding carboxylic acids is 2. The van der Waals surface area contributed by atoms with E-state index in [9.17, 15) is 18.0 Å². The number of amides is 2. The van der Waals surface area contributed by atoms with Crippen LogP contribution >= 0.6 is 0 Å². The molecule has 160 valence electrons. The Bertz CT molecular complexity index is 1170. The summed E-state index contributed by atoms with van der Waals surface area (Å²) in [5, 5.41) is 9.59. The highest BCUT2D eigenvalue weighted by atomic mass is 32.2. The number of nitrogens with zero attached hydrogens (tertiary/aromatic N) is 3. The van der Waals surface area contributed by atoms with Crippen LogP contribution in [0.25, 0.3) is 5.69 Å². The highest BCUT2D eigenvalue weighted by Crippen LogP contribution is 2.17. The highest BCUT2D eigenvalue weighted by molar-refractivity contribution is 7.89. The number of rotatable bonds is 6. The minimum absolute atomic E-state index is 0.0490. The molecule has 1 fully saturated rings. The fourth-order valence-electron chi connectivity index (χ4n) is 3.22. The average molecular weight is 439 g/mol. The number of hydrogen-bond donors (Lipinski definition) is 2. The highest BCUT2D eigenvalue weighted by Gasteiger charge is 2.29. The van der Waals surface area contributed by atoms with E-state index in [0.717, 1.165) is 15.6 Å². The van der Waals surface area contributed by atoms with Crippen molar-refractivity contribution in [3.8, 4) is 5.69 Å². The van der Waals surface area contributed by atoms with Crippen molar-refractivity contribution in [3.63, 3.8) is 0 Å². The number of sulfonamides is 1. The lowest BCUT2D eigenvalue weighted by atomic mass is 10.2. The van der Waals surface area contributed by atoms with Gasteiger partial charge >= 0.3 is 0 Å². The van der Waals surface area contributed by atoms with E-state index in [1.807, 2.05) is 36.5 Å². The molecular weight excluding hydrogens is 418 g/mol. The molecule has 4 rings (SSSR count). The Hall–Kier alpha value is -3.50. The van der Waals surface area contributed by atoms with E-state index >= 15 is 0 Å². The Labute approximate surface area is 179 Å². The second-order valence-electron chi connectivity index (χ2n) is 7.01. The van der Waals surface area contributed by atoms with Crippen molar-refractivity contribution in [2.75, 3.05) is 19.6 Å². The van der Waals surface area contributed by atoms with Crippen molar-refractivity contribution in [1.82, 2.24) is 24.7 Å². The summed E-state index contributed by atoms with van der Waals surface area (Å²) < 4.78 is 28.2. The third-order valence-electron chi connectivity index (χ3n) is 4.92. The quantitative estimate of drug-likeness (QED) is 0.593. The van der Waals surface area contributed by atoms with E-state index in [4.69, 9.17) is 0 Å². The molecule has 1 saturated heterocycles. The molecule has 9 nitrogen and oxygen atoms in total. The molecule has 31 heavy (non-hydrogen) atoms. The van der Waals surface area contributed by atoms with Crippen LogP contribution < -0.4 is 10.6 Å². The Morgan fingerprint density at radius 2 is 1.84 bits per heavy atom. The van der Waals surface area contributed by atoms with Crippen molar-refractivity contribution in [3.05, 3.63) is 78.1 Å². The van der Waals surface area contributed by atoms with Crippen molar-refractivity contribution in [2.24, 2.45) is 0 Å². The number of aromatic nitrogens is 2. The van der Waals surface area contributed by atoms with Gasteiger partial charge in [0.05, 0.1) is 17.1 Å². The van der Waals surface area contributed by atoms with E-state index in [-0.39, 0.29) is 36.3 Å². The molecule has 2 N–H and O–H groups in total. The first-order valence-corrected chi connectivity index (χ1v) is 11.1. The van der Waals surface area contributed by atoms with E-state index < -0.39 is 10.0 Å². The van der Waals surface area contributed by atoms with Crippen LogP contribution in [0.1, 0.15) is 15.9 Å². The van der Waals surface area contributed by atoms with Gasteiger partial charge in [0.1, 0.15) is 0 Å². The first-order valence-electron chi connectivity index (χ1n) is 9.67. The lowest BCUT2D eigenvalue weighted by Crippen LogP contribution is -2.49. The predicted molar refractivity (Wildman–Crippen MR) is 113 cm³/mol. The molecule has 0 unspecified atom stereocenters. The number of hydrogen-bond acceptors (Lipinski definition) is 5. The molecule has 2 amide bonds. The SMILES string of the molecule is O=C1CN(S(=O)(=O)c2ccc(C(=O)NCc3ccc(-n4cccn4)cc3)cc2)CCN1. The largest absolute Gasteiger partial charge is 0.354 e. The Balaban J connectivity index is 1.37. The molecule has 1 aromatic heterocycles. The first-order chi connectivity index (χ1) is 14.9. The summed E-state index contributed by atoms with van der Waals surface area (Å²) >= 11 is 0. The molecule has 3 aromatic rings. The van der Waals surface area contributed by atoms with Gasteiger partial charge in [0.2, 0.25) is 15.9 Å². The van der Waals surface area contributed by atoms with Crippen LogP contribution in [0.15, 0.2) is 71.9 Å². The van der Waals surface area contributed by atoms with Crippen LogP contribution in [0.5, 0.6) is 0 Å². The zero-order chi connectivity index (χ0) is 21.8. The molecule has 2 heterocycles. The maximum Gasteiger partial charge on any atom is 0.251 e. The second-order valence-corrected chi connectivity index (χ2v) is 8.95. The van der Waals surface area contributed by atoms with Crippen molar-refractivity contribution >= 4 is 21.8 Å². The molecule has 1 aliphatic heterocycles. The van der Waals surface area contributed by atoms with Gasteiger partial charge in [0.15, 0.2) is 0 Å². The first kappa shape index (κ1) is 20.8. The summed E-state index contributed by atoms with van der Waals surface area (Å²) in [5.74, 6) is -0.638. The van der Waals surface area contributed by atoms with Gasteiger partial charge in [0.25, 0.3) is 5.91 Å². The number of piperazine rings is 1.